The van der Waals surface area contributed by atoms with Gasteiger partial charge in [-0.25, -0.2) is 0 Å². The van der Waals surface area contributed by atoms with E-state index < -0.39 is 0 Å². The van der Waals surface area contributed by atoms with Crippen molar-refractivity contribution in [3.63, 3.8) is 0 Å². The zero-order chi connectivity index (χ0) is 15.9. The van der Waals surface area contributed by atoms with E-state index >= 15 is 0 Å². The predicted molar refractivity (Wildman–Crippen MR) is 101 cm³/mol. The molecular weight excluding hydrogens is 355 g/mol. The lowest BCUT2D eigenvalue weighted by atomic mass is 10.2. The van der Waals surface area contributed by atoms with Gasteiger partial charge in [0.05, 0.1) is 11.6 Å². The summed E-state index contributed by atoms with van der Waals surface area (Å²) in [5.41, 5.74) is 0.704. The molecule has 130 valence electrons. The van der Waals surface area contributed by atoms with Crippen molar-refractivity contribution >= 4 is 47.4 Å². The van der Waals surface area contributed by atoms with Gasteiger partial charge in [0, 0.05) is 36.2 Å². The van der Waals surface area contributed by atoms with Crippen molar-refractivity contribution in [2.45, 2.75) is 26.3 Å². The molecule has 1 heterocycles. The van der Waals surface area contributed by atoms with E-state index in [2.05, 4.69) is 24.5 Å². The van der Waals surface area contributed by atoms with E-state index in [1.165, 1.54) is 0 Å². The molecule has 1 atom stereocenters. The molecule has 2 rings (SSSR count). The Bertz CT molecular complexity index is 509. The number of amides is 1. The van der Waals surface area contributed by atoms with Gasteiger partial charge in [0.25, 0.3) is 0 Å². The highest BCUT2D eigenvalue weighted by Crippen LogP contribution is 2.28. The van der Waals surface area contributed by atoms with Gasteiger partial charge >= 0.3 is 0 Å². The first-order valence-electron chi connectivity index (χ1n) is 7.58. The second kappa shape index (κ2) is 10.3. The fourth-order valence-electron chi connectivity index (χ4n) is 2.14. The number of rotatable bonds is 6. The minimum atomic E-state index is 0. The molecule has 1 fully saturated rings. The van der Waals surface area contributed by atoms with Crippen molar-refractivity contribution in [2.24, 2.45) is 5.92 Å². The van der Waals surface area contributed by atoms with Crippen LogP contribution >= 0.6 is 35.8 Å². The summed E-state index contributed by atoms with van der Waals surface area (Å²) in [4.78, 5) is 12.1. The van der Waals surface area contributed by atoms with E-state index in [4.69, 9.17) is 16.3 Å². The number of hydrogen-bond donors (Lipinski definition) is 2. The van der Waals surface area contributed by atoms with Crippen molar-refractivity contribution in [1.82, 2.24) is 5.32 Å². The number of thioether (sulfide) groups is 1. The largest absolute Gasteiger partial charge is 0.492 e. The highest BCUT2D eigenvalue weighted by atomic mass is 35.5. The van der Waals surface area contributed by atoms with Gasteiger partial charge < -0.3 is 15.4 Å². The first kappa shape index (κ1) is 20.4. The molecule has 4 nitrogen and oxygen atoms in total. The van der Waals surface area contributed by atoms with Crippen LogP contribution in [0.1, 0.15) is 20.3 Å². The Kier molecular flexibility index (Phi) is 9.14. The Morgan fingerprint density at radius 1 is 1.52 bits per heavy atom. The first-order valence-corrected chi connectivity index (χ1v) is 9.11. The Morgan fingerprint density at radius 3 is 2.91 bits per heavy atom. The summed E-state index contributed by atoms with van der Waals surface area (Å²) >= 11 is 8.08. The van der Waals surface area contributed by atoms with Gasteiger partial charge in [-0.3, -0.25) is 4.79 Å². The molecule has 0 aromatic heterocycles. The maximum atomic E-state index is 12.1. The fourth-order valence-corrected chi connectivity index (χ4v) is 3.32. The zero-order valence-electron chi connectivity index (χ0n) is 13.4. The van der Waals surface area contributed by atoms with Crippen LogP contribution < -0.4 is 15.4 Å². The second-order valence-electron chi connectivity index (χ2n) is 5.83. The molecule has 7 heteroatoms. The third-order valence-corrected chi connectivity index (χ3v) is 4.64. The second-order valence-corrected chi connectivity index (χ2v) is 7.39. The van der Waals surface area contributed by atoms with Crippen LogP contribution in [0.4, 0.5) is 5.69 Å². The minimum absolute atomic E-state index is 0. The monoisotopic (exact) mass is 378 g/mol. The molecule has 1 amide bonds. The van der Waals surface area contributed by atoms with Crippen molar-refractivity contribution < 1.29 is 9.53 Å². The number of carbonyl (C=O) groups excluding carboxylic acids is 1. The number of anilines is 1. The van der Waals surface area contributed by atoms with E-state index in [0.29, 0.717) is 35.4 Å². The number of nitrogens with one attached hydrogen (secondary N) is 2. The Hall–Kier alpha value is -0.620. The maximum absolute atomic E-state index is 12.1. The Balaban J connectivity index is 0.00000264. The summed E-state index contributed by atoms with van der Waals surface area (Å²) in [5.74, 6) is 3.20. The molecule has 1 aliphatic heterocycles. The van der Waals surface area contributed by atoms with Crippen molar-refractivity contribution in [3.8, 4) is 5.75 Å². The smallest absolute Gasteiger partial charge is 0.225 e. The van der Waals surface area contributed by atoms with Gasteiger partial charge in [0.2, 0.25) is 5.91 Å². The summed E-state index contributed by atoms with van der Waals surface area (Å²) in [6.45, 7) is 5.76. The van der Waals surface area contributed by atoms with Gasteiger partial charge in [-0.1, -0.05) is 25.4 Å². The van der Waals surface area contributed by atoms with Crippen molar-refractivity contribution in [3.05, 3.63) is 23.2 Å². The summed E-state index contributed by atoms with van der Waals surface area (Å²) in [6, 6.07) is 5.61. The molecule has 1 aliphatic rings. The lowest BCUT2D eigenvalue weighted by Gasteiger charge is -2.22. The predicted octanol–water partition coefficient (Wildman–Crippen LogP) is 3.83. The fraction of sp³-hybridized carbons (Fsp3) is 0.562. The van der Waals surface area contributed by atoms with Crippen LogP contribution in [0.5, 0.6) is 5.75 Å². The number of hydrogen-bond acceptors (Lipinski definition) is 4. The number of ether oxygens (including phenoxy) is 1. The molecule has 0 aliphatic carbocycles. The Morgan fingerprint density at radius 2 is 2.30 bits per heavy atom. The molecule has 0 radical (unpaired) electrons. The SMILES string of the molecule is CC(C)COc1ccc(NC(=O)CC2CSCCN2)cc1Cl.Cl. The number of carbonyl (C=O) groups is 1. The molecule has 1 aromatic carbocycles. The van der Waals surface area contributed by atoms with E-state index in [9.17, 15) is 4.79 Å². The summed E-state index contributed by atoms with van der Waals surface area (Å²) in [6.07, 6.45) is 0.482. The molecule has 23 heavy (non-hydrogen) atoms. The van der Waals surface area contributed by atoms with Gasteiger partial charge in [0.15, 0.2) is 0 Å². The molecule has 2 N–H and O–H groups in total. The quantitative estimate of drug-likeness (QED) is 0.789. The van der Waals surface area contributed by atoms with E-state index in [1.807, 2.05) is 17.8 Å². The molecular formula is C16H24Cl2N2O2S. The summed E-state index contributed by atoms with van der Waals surface area (Å²) in [5, 5.41) is 6.77. The van der Waals surface area contributed by atoms with Gasteiger partial charge in [-0.15, -0.1) is 12.4 Å². The normalized spacial score (nSPS) is 17.5. The molecule has 1 unspecified atom stereocenters. The topological polar surface area (TPSA) is 50.4 Å². The van der Waals surface area contributed by atoms with Crippen molar-refractivity contribution in [2.75, 3.05) is 30.0 Å². The molecule has 1 saturated heterocycles. The van der Waals surface area contributed by atoms with Crippen LogP contribution in [0.15, 0.2) is 18.2 Å². The van der Waals surface area contributed by atoms with E-state index in [0.717, 1.165) is 18.1 Å². The maximum Gasteiger partial charge on any atom is 0.225 e. The van der Waals surface area contributed by atoms with E-state index in [1.54, 1.807) is 12.1 Å². The van der Waals surface area contributed by atoms with Crippen LogP contribution in [0.2, 0.25) is 5.02 Å². The minimum Gasteiger partial charge on any atom is -0.492 e. The van der Waals surface area contributed by atoms with E-state index in [-0.39, 0.29) is 24.4 Å². The zero-order valence-corrected chi connectivity index (χ0v) is 15.8. The third-order valence-electron chi connectivity index (χ3n) is 3.22. The molecule has 1 aromatic rings. The summed E-state index contributed by atoms with van der Waals surface area (Å²) in [7, 11) is 0. The highest BCUT2D eigenvalue weighted by Gasteiger charge is 2.17. The molecule has 0 bridgehead atoms. The van der Waals surface area contributed by atoms with Gasteiger partial charge in [-0.2, -0.15) is 11.8 Å². The first-order chi connectivity index (χ1) is 10.5. The third kappa shape index (κ3) is 7.21. The van der Waals surface area contributed by atoms with Crippen LogP contribution in [0.3, 0.4) is 0 Å². The number of halogens is 2. The lowest BCUT2D eigenvalue weighted by Crippen LogP contribution is -2.39. The standard InChI is InChI=1S/C16H23ClN2O2S.ClH/c1-11(2)9-21-15-4-3-12(7-14(15)17)19-16(20)8-13-10-22-6-5-18-13;/h3-4,7,11,13,18H,5-6,8-10H2,1-2H3,(H,19,20);1H. The van der Waals surface area contributed by atoms with Crippen molar-refractivity contribution in [1.29, 1.82) is 0 Å². The highest BCUT2D eigenvalue weighted by molar-refractivity contribution is 7.99. The average molecular weight is 379 g/mol. The lowest BCUT2D eigenvalue weighted by molar-refractivity contribution is -0.116. The van der Waals surface area contributed by atoms with Crippen LogP contribution in [0.25, 0.3) is 0 Å². The van der Waals surface area contributed by atoms with Gasteiger partial charge in [-0.05, 0) is 24.1 Å². The summed E-state index contributed by atoms with van der Waals surface area (Å²) < 4.78 is 5.62. The van der Waals surface area contributed by atoms with Crippen LogP contribution in [-0.4, -0.2) is 36.6 Å². The Labute approximate surface area is 153 Å². The van der Waals surface area contributed by atoms with Gasteiger partial charge in [0.1, 0.15) is 5.75 Å². The van der Waals surface area contributed by atoms with Crippen LogP contribution in [-0.2, 0) is 4.79 Å². The number of benzene rings is 1. The molecule has 0 saturated carbocycles. The molecule has 0 spiro atoms. The van der Waals surface area contributed by atoms with Crippen LogP contribution in [0, 0.1) is 5.92 Å². The average Bonchev–Trinajstić information content (AvgIpc) is 2.47.